The van der Waals surface area contributed by atoms with Crippen molar-refractivity contribution in [1.29, 1.82) is 0 Å². The molecule has 0 amide bonds. The Hall–Kier alpha value is -3.68. The fourth-order valence-electron chi connectivity index (χ4n) is 14.6. The number of nitrogens with zero attached hydrogens (tertiary/aromatic N) is 4. The van der Waals surface area contributed by atoms with Gasteiger partial charge in [-0.1, -0.05) is 61.7 Å². The van der Waals surface area contributed by atoms with Crippen molar-refractivity contribution >= 4 is 11.4 Å². The number of hydrogen-bond donors (Lipinski definition) is 2. The summed E-state index contributed by atoms with van der Waals surface area (Å²) in [6.45, 7) is 15.0. The highest BCUT2D eigenvalue weighted by molar-refractivity contribution is 5.77. The standard InChI is InChI=1S/C44H50N4O2/c1-3-17-47-19-15-43-35-9-5-7-11-37(35)45-26-34-32-24-40-44(16-20-48(40,18-4-2)28-30(32)14-22-50)36-10-6-8-12-38(36)46(42(34)44)25-33(41(43)45)31(23-39(43)47)29(27-47)13-21-49/h3-14,25-26,31-32,39-42,49-50H,1-2,15-24,27-28H2/q+2/b29-13-,30-14-,33-25-,34-26-/t31-,32-,39-,40-,41?,42?,43+,44+,47-,48-/m0/s1. The van der Waals surface area contributed by atoms with Crippen LogP contribution in [0.2, 0.25) is 0 Å². The third-order valence-electron chi connectivity index (χ3n) is 15.9. The number of benzene rings is 2. The summed E-state index contributed by atoms with van der Waals surface area (Å²) in [5, 5.41) is 20.9. The SMILES string of the molecule is C=CC[N@@+]12CC[C@]34c5ccccc5N5/C=C6\C7N(/C=C(\C53)[C@@H](C[C@@H]41)/C(=C\CO)C2)c1ccccc1[C@@]71CC[N@@+]2(CC=C)C/C(=C/CO)[C@@H]6C[C@@H]12. The Morgan fingerprint density at radius 2 is 1.12 bits per heavy atom. The fraction of sp³-hybridized carbons (Fsp3) is 0.455. The lowest BCUT2D eigenvalue weighted by atomic mass is 9.56. The van der Waals surface area contributed by atoms with Crippen LogP contribution in [-0.2, 0) is 10.8 Å². The van der Waals surface area contributed by atoms with Crippen molar-refractivity contribution in [2.24, 2.45) is 11.8 Å². The molecule has 2 aliphatic carbocycles. The van der Waals surface area contributed by atoms with Crippen molar-refractivity contribution in [2.75, 3.05) is 62.3 Å². The van der Waals surface area contributed by atoms with Gasteiger partial charge < -0.3 is 29.0 Å². The average Bonchev–Trinajstić information content (AvgIpc) is 3.81. The molecule has 0 aromatic heterocycles. The maximum absolute atomic E-state index is 10.5. The molecule has 2 saturated carbocycles. The first-order chi connectivity index (χ1) is 24.5. The smallest absolute Gasteiger partial charge is 0.103 e. The molecule has 2 N–H and O–H groups in total. The van der Waals surface area contributed by atoms with Crippen LogP contribution >= 0.6 is 0 Å². The molecule has 2 unspecified atom stereocenters. The number of quaternary nitrogens is 2. The minimum absolute atomic E-state index is 0.0183. The molecular formula is C44H50N4O2+2. The lowest BCUT2D eigenvalue weighted by Gasteiger charge is -2.59. The highest BCUT2D eigenvalue weighted by atomic mass is 16.3. The number of fused-ring (bicyclic) bond motifs is 8. The first kappa shape index (κ1) is 30.0. The van der Waals surface area contributed by atoms with E-state index in [4.69, 9.17) is 0 Å². The molecule has 2 aromatic rings. The lowest BCUT2D eigenvalue weighted by Crippen LogP contribution is -2.69. The molecule has 2 aromatic carbocycles. The Balaban J connectivity index is 1.22. The number of anilines is 2. The molecule has 4 bridgehead atoms. The molecule has 11 rings (SSSR count). The Labute approximate surface area is 296 Å². The van der Waals surface area contributed by atoms with Gasteiger partial charge in [0.2, 0.25) is 0 Å². The van der Waals surface area contributed by atoms with Gasteiger partial charge in [0.1, 0.15) is 25.2 Å². The van der Waals surface area contributed by atoms with Crippen LogP contribution in [0.4, 0.5) is 11.4 Å². The summed E-state index contributed by atoms with van der Waals surface area (Å²) < 4.78 is 2.12. The molecule has 6 heteroatoms. The van der Waals surface area contributed by atoms with Crippen LogP contribution < -0.4 is 9.80 Å². The molecule has 2 spiro atoms. The summed E-state index contributed by atoms with van der Waals surface area (Å²) in [6, 6.07) is 20.3. The summed E-state index contributed by atoms with van der Waals surface area (Å²) in [7, 11) is 0. The summed E-state index contributed by atoms with van der Waals surface area (Å²) in [4.78, 5) is 5.54. The predicted molar refractivity (Wildman–Crippen MR) is 198 cm³/mol. The van der Waals surface area contributed by atoms with Gasteiger partial charge in [0.15, 0.2) is 0 Å². The zero-order valence-electron chi connectivity index (χ0n) is 29.1. The van der Waals surface area contributed by atoms with Crippen molar-refractivity contribution in [3.05, 3.63) is 132 Å². The van der Waals surface area contributed by atoms with Gasteiger partial charge in [0, 0.05) is 61.3 Å². The molecule has 256 valence electrons. The van der Waals surface area contributed by atoms with E-state index in [1.807, 2.05) is 0 Å². The average molecular weight is 667 g/mol. The van der Waals surface area contributed by atoms with Gasteiger partial charge in [-0.2, -0.15) is 0 Å². The van der Waals surface area contributed by atoms with E-state index in [-0.39, 0.29) is 36.1 Å². The van der Waals surface area contributed by atoms with Crippen molar-refractivity contribution in [3.8, 4) is 0 Å². The van der Waals surface area contributed by atoms with Crippen LogP contribution in [0.15, 0.2) is 121 Å². The highest BCUT2D eigenvalue weighted by Gasteiger charge is 2.75. The zero-order valence-corrected chi connectivity index (χ0v) is 29.1. The Morgan fingerprint density at radius 1 is 0.680 bits per heavy atom. The molecule has 10 atom stereocenters. The van der Waals surface area contributed by atoms with Gasteiger partial charge in [-0.25, -0.2) is 0 Å². The number of hydrogen-bond acceptors (Lipinski definition) is 4. The number of aliphatic hydroxyl groups is 2. The Bertz CT molecular complexity index is 1850. The highest BCUT2D eigenvalue weighted by Crippen LogP contribution is 2.69. The second kappa shape index (κ2) is 10.0. The van der Waals surface area contributed by atoms with E-state index < -0.39 is 0 Å². The van der Waals surface area contributed by atoms with Gasteiger partial charge >= 0.3 is 0 Å². The summed E-state index contributed by atoms with van der Waals surface area (Å²) in [5.41, 5.74) is 11.8. The Kier molecular flexibility index (Phi) is 6.00. The second-order valence-corrected chi connectivity index (χ2v) is 17.2. The molecule has 6 nitrogen and oxygen atoms in total. The van der Waals surface area contributed by atoms with Crippen LogP contribution in [0.1, 0.15) is 36.8 Å². The molecule has 50 heavy (non-hydrogen) atoms. The van der Waals surface area contributed by atoms with Crippen LogP contribution in [0.5, 0.6) is 0 Å². The van der Waals surface area contributed by atoms with Crippen molar-refractivity contribution in [1.82, 2.24) is 0 Å². The molecule has 7 heterocycles. The summed E-state index contributed by atoms with van der Waals surface area (Å²) >= 11 is 0. The van der Waals surface area contributed by atoms with Gasteiger partial charge in [0.25, 0.3) is 0 Å². The van der Waals surface area contributed by atoms with Crippen molar-refractivity contribution < 1.29 is 19.2 Å². The van der Waals surface area contributed by atoms with Crippen LogP contribution in [0, 0.1) is 11.8 Å². The van der Waals surface area contributed by atoms with Crippen LogP contribution in [0.3, 0.4) is 0 Å². The Morgan fingerprint density at radius 3 is 1.54 bits per heavy atom. The molecule has 7 aliphatic heterocycles. The van der Waals surface area contributed by atoms with Gasteiger partial charge in [0.05, 0.1) is 62.3 Å². The monoisotopic (exact) mass is 666 g/mol. The second-order valence-electron chi connectivity index (χ2n) is 17.2. The summed E-state index contributed by atoms with van der Waals surface area (Å²) in [5.74, 6) is 0.615. The van der Waals surface area contributed by atoms with Crippen LogP contribution in [0.25, 0.3) is 0 Å². The maximum atomic E-state index is 10.5. The molecular weight excluding hydrogens is 617 g/mol. The first-order valence-corrected chi connectivity index (χ1v) is 19.2. The van der Waals surface area contributed by atoms with E-state index in [1.165, 1.54) is 33.6 Å². The number of aliphatic hydroxyl groups excluding tert-OH is 2. The molecule has 9 aliphatic rings. The van der Waals surface area contributed by atoms with Crippen molar-refractivity contribution in [3.63, 3.8) is 0 Å². The van der Waals surface area contributed by atoms with E-state index in [1.54, 1.807) is 11.1 Å². The predicted octanol–water partition coefficient (Wildman–Crippen LogP) is 5.48. The van der Waals surface area contributed by atoms with E-state index in [2.05, 4.69) is 108 Å². The number of piperidine rings is 2. The van der Waals surface area contributed by atoms with Crippen molar-refractivity contribution in [2.45, 2.75) is 60.7 Å². The fourth-order valence-corrected chi connectivity index (χ4v) is 14.6. The molecule has 6 fully saturated rings. The third kappa shape index (κ3) is 3.24. The molecule has 4 saturated heterocycles. The van der Waals surface area contributed by atoms with Crippen LogP contribution in [-0.4, -0.2) is 95.8 Å². The van der Waals surface area contributed by atoms with E-state index in [9.17, 15) is 10.2 Å². The summed E-state index contributed by atoms with van der Waals surface area (Å²) in [6.07, 6.45) is 18.6. The van der Waals surface area contributed by atoms with Gasteiger partial charge in [-0.3, -0.25) is 0 Å². The zero-order chi connectivity index (χ0) is 33.6. The minimum atomic E-state index is 0.0183. The number of rotatable bonds is 6. The first-order valence-electron chi connectivity index (χ1n) is 19.2. The van der Waals surface area contributed by atoms with E-state index in [0.29, 0.717) is 23.9 Å². The van der Waals surface area contributed by atoms with E-state index >= 15 is 0 Å². The van der Waals surface area contributed by atoms with Gasteiger partial charge in [-0.05, 0) is 57.7 Å². The number of para-hydroxylation sites is 2. The van der Waals surface area contributed by atoms with Gasteiger partial charge in [-0.15, -0.1) is 0 Å². The quantitative estimate of drug-likeness (QED) is 0.317. The minimum Gasteiger partial charge on any atom is -0.392 e. The topological polar surface area (TPSA) is 46.9 Å². The normalized spacial score (nSPS) is 45.5. The maximum Gasteiger partial charge on any atom is 0.103 e. The lowest BCUT2D eigenvalue weighted by molar-refractivity contribution is -0.937. The van der Waals surface area contributed by atoms with E-state index in [0.717, 1.165) is 73.9 Å². The largest absolute Gasteiger partial charge is 0.392 e. The molecule has 0 radical (unpaired) electrons. The third-order valence-corrected chi connectivity index (χ3v) is 15.9.